The molecule has 2 aromatic heterocycles. The fraction of sp³-hybridized carbons (Fsp3) is 0.188. The van der Waals surface area contributed by atoms with Crippen molar-refractivity contribution in [2.45, 2.75) is 11.6 Å². The average molecular weight is 412 g/mol. The third-order valence-corrected chi connectivity index (χ3v) is 5.00. The number of hydrogen-bond donors (Lipinski definition) is 2. The third-order valence-electron chi connectivity index (χ3n) is 3.47. The van der Waals surface area contributed by atoms with Crippen molar-refractivity contribution in [2.75, 3.05) is 18.1 Å². The summed E-state index contributed by atoms with van der Waals surface area (Å²) in [6, 6.07) is 8.76. The van der Waals surface area contributed by atoms with Crippen LogP contribution in [0.25, 0.3) is 11.6 Å². The molecule has 136 valence electrons. The molecule has 0 fully saturated rings. The highest BCUT2D eigenvalue weighted by molar-refractivity contribution is 7.99. The zero-order valence-corrected chi connectivity index (χ0v) is 15.8. The summed E-state index contributed by atoms with van der Waals surface area (Å²) in [6.07, 6.45) is 2.14. The Bertz CT molecular complexity index is 898. The predicted molar refractivity (Wildman–Crippen MR) is 102 cm³/mol. The van der Waals surface area contributed by atoms with E-state index in [0.717, 1.165) is 5.56 Å². The first-order chi connectivity index (χ1) is 12.5. The van der Waals surface area contributed by atoms with E-state index < -0.39 is 0 Å². The molecule has 3 N–H and O–H groups in total. The molecule has 0 spiro atoms. The van der Waals surface area contributed by atoms with E-state index in [1.807, 2.05) is 6.07 Å². The van der Waals surface area contributed by atoms with Crippen LogP contribution < -0.4 is 11.2 Å². The molecule has 0 bridgehead atoms. The van der Waals surface area contributed by atoms with Crippen LogP contribution in [-0.4, -0.2) is 33.1 Å². The Balaban J connectivity index is 1.47. The van der Waals surface area contributed by atoms with Crippen LogP contribution in [0.5, 0.6) is 0 Å². The van der Waals surface area contributed by atoms with Crippen molar-refractivity contribution >= 4 is 40.9 Å². The molecule has 0 saturated carbocycles. The van der Waals surface area contributed by atoms with Crippen molar-refractivity contribution in [3.8, 4) is 11.6 Å². The van der Waals surface area contributed by atoms with Crippen LogP contribution in [0.4, 0.5) is 0 Å². The normalized spacial score (nSPS) is 10.8. The van der Waals surface area contributed by atoms with E-state index in [1.165, 1.54) is 22.7 Å². The zero-order chi connectivity index (χ0) is 18.5. The summed E-state index contributed by atoms with van der Waals surface area (Å²) in [5.74, 6) is 6.88. The molecule has 7 nitrogen and oxygen atoms in total. The van der Waals surface area contributed by atoms with Crippen LogP contribution in [0.1, 0.15) is 5.56 Å². The summed E-state index contributed by atoms with van der Waals surface area (Å²) in [5.41, 5.74) is 0.925. The number of carbonyl (C=O) groups is 1. The van der Waals surface area contributed by atoms with Gasteiger partial charge in [0.15, 0.2) is 5.76 Å². The van der Waals surface area contributed by atoms with Gasteiger partial charge < -0.3 is 15.6 Å². The summed E-state index contributed by atoms with van der Waals surface area (Å²) in [6.45, 7) is 0.466. The summed E-state index contributed by atoms with van der Waals surface area (Å²) < 4.78 is 6.54. The van der Waals surface area contributed by atoms with E-state index in [-0.39, 0.29) is 11.7 Å². The molecule has 0 unspecified atom stereocenters. The first-order valence-corrected chi connectivity index (χ1v) is 9.36. The van der Waals surface area contributed by atoms with Gasteiger partial charge in [-0.05, 0) is 36.2 Å². The fourth-order valence-corrected chi connectivity index (χ4v) is 3.38. The topological polar surface area (TPSA) is 99.0 Å². The number of hydrogen-bond acceptors (Lipinski definition) is 6. The number of amides is 1. The highest BCUT2D eigenvalue weighted by Crippen LogP contribution is 2.22. The lowest BCUT2D eigenvalue weighted by atomic mass is 10.1. The molecule has 1 amide bonds. The van der Waals surface area contributed by atoms with Crippen molar-refractivity contribution in [3.05, 3.63) is 52.2 Å². The van der Waals surface area contributed by atoms with Gasteiger partial charge in [0.1, 0.15) is 0 Å². The number of nitrogens with two attached hydrogens (primary N) is 1. The maximum absolute atomic E-state index is 12.0. The Labute approximate surface area is 163 Å². The van der Waals surface area contributed by atoms with Gasteiger partial charge in [0, 0.05) is 16.6 Å². The fourth-order valence-electron chi connectivity index (χ4n) is 2.19. The molecule has 0 aliphatic rings. The maximum atomic E-state index is 12.0. The van der Waals surface area contributed by atoms with E-state index in [1.54, 1.807) is 24.3 Å². The molecule has 0 atom stereocenters. The number of thioether (sulfide) groups is 1. The monoisotopic (exact) mass is 411 g/mol. The number of furan rings is 1. The molecule has 0 radical (unpaired) electrons. The number of aromatic nitrogens is 3. The minimum Gasteiger partial charge on any atom is -0.461 e. The lowest BCUT2D eigenvalue weighted by Crippen LogP contribution is -2.27. The molecule has 0 aliphatic heterocycles. The first kappa shape index (κ1) is 18.6. The number of nitrogen functional groups attached to an aromatic ring is 1. The van der Waals surface area contributed by atoms with Crippen LogP contribution in [0, 0.1) is 0 Å². The van der Waals surface area contributed by atoms with Crippen molar-refractivity contribution < 1.29 is 9.21 Å². The van der Waals surface area contributed by atoms with Crippen molar-refractivity contribution in [1.82, 2.24) is 20.2 Å². The summed E-state index contributed by atoms with van der Waals surface area (Å²) in [7, 11) is 0. The minimum absolute atomic E-state index is 0.136. The highest BCUT2D eigenvalue weighted by Gasteiger charge is 2.15. The Kier molecular flexibility index (Phi) is 6.08. The molecule has 2 heterocycles. The average Bonchev–Trinajstić information content (AvgIpc) is 3.25. The van der Waals surface area contributed by atoms with Gasteiger partial charge in [0.25, 0.3) is 0 Å². The number of halogens is 2. The maximum Gasteiger partial charge on any atom is 0.230 e. The second-order valence-corrected chi connectivity index (χ2v) is 7.06. The van der Waals surface area contributed by atoms with Crippen LogP contribution in [-0.2, 0) is 11.2 Å². The van der Waals surface area contributed by atoms with Crippen molar-refractivity contribution in [3.63, 3.8) is 0 Å². The lowest BCUT2D eigenvalue weighted by Gasteiger charge is -2.07. The molecule has 3 rings (SSSR count). The second-order valence-electron chi connectivity index (χ2n) is 5.28. The number of nitrogens with one attached hydrogen (secondary N) is 1. The number of carbonyl (C=O) groups excluding carboxylic acids is 1. The molecule has 3 aromatic rings. The summed E-state index contributed by atoms with van der Waals surface area (Å²) >= 11 is 13.2. The van der Waals surface area contributed by atoms with E-state index in [4.69, 9.17) is 33.5 Å². The van der Waals surface area contributed by atoms with Gasteiger partial charge in [-0.3, -0.25) is 4.79 Å². The van der Waals surface area contributed by atoms with Gasteiger partial charge >= 0.3 is 0 Å². The summed E-state index contributed by atoms with van der Waals surface area (Å²) in [5, 5.41) is 12.4. The van der Waals surface area contributed by atoms with Gasteiger partial charge in [0.2, 0.25) is 16.9 Å². The standard InChI is InChI=1S/C16H15Cl2N5O2S/c17-11-4-3-10(12(18)8-11)5-6-20-14(24)9-26-16-22-21-15(23(16)19)13-2-1-7-25-13/h1-4,7-8H,5-6,9,19H2,(H,20,24). The van der Waals surface area contributed by atoms with Crippen LogP contribution in [0.15, 0.2) is 46.2 Å². The molecular formula is C16H15Cl2N5O2S. The molecule has 0 saturated heterocycles. The van der Waals surface area contributed by atoms with E-state index >= 15 is 0 Å². The first-order valence-electron chi connectivity index (χ1n) is 7.62. The van der Waals surface area contributed by atoms with Gasteiger partial charge in [-0.25, -0.2) is 4.68 Å². The Morgan fingerprint density at radius 2 is 2.15 bits per heavy atom. The van der Waals surface area contributed by atoms with Gasteiger partial charge in [-0.1, -0.05) is 41.0 Å². The molecule has 10 heteroatoms. The Hall–Kier alpha value is -2.16. The molecule has 0 aliphatic carbocycles. The van der Waals surface area contributed by atoms with Gasteiger partial charge in [-0.15, -0.1) is 10.2 Å². The zero-order valence-electron chi connectivity index (χ0n) is 13.5. The summed E-state index contributed by atoms with van der Waals surface area (Å²) in [4.78, 5) is 12.0. The quantitative estimate of drug-likeness (QED) is 0.457. The highest BCUT2D eigenvalue weighted by atomic mass is 35.5. The Morgan fingerprint density at radius 1 is 1.31 bits per heavy atom. The van der Waals surface area contributed by atoms with Gasteiger partial charge in [0.05, 0.1) is 12.0 Å². The van der Waals surface area contributed by atoms with Crippen LogP contribution >= 0.6 is 35.0 Å². The van der Waals surface area contributed by atoms with E-state index in [2.05, 4.69) is 15.5 Å². The number of rotatable bonds is 7. The van der Waals surface area contributed by atoms with E-state index in [0.29, 0.717) is 39.8 Å². The van der Waals surface area contributed by atoms with Crippen molar-refractivity contribution in [2.24, 2.45) is 0 Å². The minimum atomic E-state index is -0.136. The second kappa shape index (κ2) is 8.48. The van der Waals surface area contributed by atoms with Crippen LogP contribution in [0.3, 0.4) is 0 Å². The van der Waals surface area contributed by atoms with Gasteiger partial charge in [-0.2, -0.15) is 0 Å². The van der Waals surface area contributed by atoms with E-state index in [9.17, 15) is 4.79 Å². The molecule has 1 aromatic carbocycles. The predicted octanol–water partition coefficient (Wildman–Crippen LogP) is 3.01. The lowest BCUT2D eigenvalue weighted by molar-refractivity contribution is -0.118. The molecule has 26 heavy (non-hydrogen) atoms. The van der Waals surface area contributed by atoms with Crippen LogP contribution in [0.2, 0.25) is 10.0 Å². The van der Waals surface area contributed by atoms with Crippen molar-refractivity contribution in [1.29, 1.82) is 0 Å². The largest absolute Gasteiger partial charge is 0.461 e. The third kappa shape index (κ3) is 4.51. The SMILES string of the molecule is Nn1c(SCC(=O)NCCc2ccc(Cl)cc2Cl)nnc1-c1ccco1. The number of benzene rings is 1. The molecular weight excluding hydrogens is 397 g/mol. The Morgan fingerprint density at radius 3 is 2.88 bits per heavy atom. The number of nitrogens with zero attached hydrogens (tertiary/aromatic N) is 3. The smallest absolute Gasteiger partial charge is 0.230 e.